The van der Waals surface area contributed by atoms with Crippen LogP contribution in [-0.4, -0.2) is 72.6 Å². The molecule has 2 aromatic carbocycles. The van der Waals surface area contributed by atoms with Gasteiger partial charge in [0.2, 0.25) is 0 Å². The lowest BCUT2D eigenvalue weighted by Gasteiger charge is -2.31. The Morgan fingerprint density at radius 3 is 2.47 bits per heavy atom. The molecule has 2 aromatic rings. The molecule has 4 rings (SSSR count). The van der Waals surface area contributed by atoms with Gasteiger partial charge in [0.1, 0.15) is 17.3 Å². The maximum atomic E-state index is 13.7. The van der Waals surface area contributed by atoms with E-state index in [1.165, 1.54) is 17.0 Å². The lowest BCUT2D eigenvalue weighted by atomic mass is 9.94. The fraction of sp³-hybridized carbons (Fsp3) is 0.385. The van der Waals surface area contributed by atoms with Crippen molar-refractivity contribution in [1.82, 2.24) is 9.80 Å². The van der Waals surface area contributed by atoms with Crippen molar-refractivity contribution in [2.45, 2.75) is 19.9 Å². The molecular formula is C26H29FN2O5. The second-order valence-electron chi connectivity index (χ2n) is 8.41. The number of Topliss-reactive ketones (excluding diaryl/α,β-unsaturated/α-hetero) is 1. The van der Waals surface area contributed by atoms with Crippen molar-refractivity contribution < 1.29 is 28.6 Å². The number of aryl methyl sites for hydroxylation is 1. The minimum atomic E-state index is -0.812. The number of morpholine rings is 1. The summed E-state index contributed by atoms with van der Waals surface area (Å²) in [5.41, 5.74) is 1.72. The van der Waals surface area contributed by atoms with Crippen LogP contribution < -0.4 is 4.74 Å². The van der Waals surface area contributed by atoms with Crippen LogP contribution in [0.15, 0.2) is 48.0 Å². The van der Waals surface area contributed by atoms with Gasteiger partial charge in [-0.2, -0.15) is 0 Å². The molecule has 1 N–H and O–H groups in total. The highest BCUT2D eigenvalue weighted by atomic mass is 19.1. The summed E-state index contributed by atoms with van der Waals surface area (Å²) in [6.45, 7) is 7.79. The van der Waals surface area contributed by atoms with Crippen LogP contribution in [0.2, 0.25) is 0 Å². The van der Waals surface area contributed by atoms with Gasteiger partial charge >= 0.3 is 0 Å². The highest BCUT2D eigenvalue weighted by molar-refractivity contribution is 6.46. The molecular weight excluding hydrogens is 439 g/mol. The second-order valence-corrected chi connectivity index (χ2v) is 8.41. The smallest absolute Gasteiger partial charge is 0.295 e. The van der Waals surface area contributed by atoms with Crippen molar-refractivity contribution in [3.05, 3.63) is 70.5 Å². The number of hydrogen-bond donors (Lipinski definition) is 1. The third-order valence-corrected chi connectivity index (χ3v) is 6.25. The number of likely N-dealkylation sites (tertiary alicyclic amines) is 1. The van der Waals surface area contributed by atoms with Crippen LogP contribution in [-0.2, 0) is 14.3 Å². The zero-order chi connectivity index (χ0) is 24.2. The van der Waals surface area contributed by atoms with Gasteiger partial charge in [0, 0.05) is 31.7 Å². The molecule has 2 heterocycles. The molecule has 0 bridgehead atoms. The van der Waals surface area contributed by atoms with Gasteiger partial charge in [0.25, 0.3) is 11.7 Å². The lowest BCUT2D eigenvalue weighted by Crippen LogP contribution is -2.42. The highest BCUT2D eigenvalue weighted by Gasteiger charge is 2.46. The van der Waals surface area contributed by atoms with Crippen molar-refractivity contribution in [3.63, 3.8) is 0 Å². The van der Waals surface area contributed by atoms with E-state index in [-0.39, 0.29) is 11.3 Å². The first-order chi connectivity index (χ1) is 16.4. The Kier molecular flexibility index (Phi) is 7.29. The number of amides is 1. The monoisotopic (exact) mass is 468 g/mol. The summed E-state index contributed by atoms with van der Waals surface area (Å²) in [7, 11) is 0. The molecule has 0 spiro atoms. The first kappa shape index (κ1) is 23.9. The molecule has 0 aliphatic carbocycles. The fourth-order valence-corrected chi connectivity index (χ4v) is 4.48. The number of ketones is 1. The van der Waals surface area contributed by atoms with Gasteiger partial charge < -0.3 is 19.5 Å². The Hall–Kier alpha value is -3.23. The number of nitrogens with zero attached hydrogens (tertiary/aromatic N) is 2. The van der Waals surface area contributed by atoms with E-state index in [1.807, 2.05) is 6.92 Å². The van der Waals surface area contributed by atoms with Crippen LogP contribution in [0.4, 0.5) is 4.39 Å². The van der Waals surface area contributed by atoms with Crippen LogP contribution in [0.1, 0.15) is 29.7 Å². The van der Waals surface area contributed by atoms with Gasteiger partial charge in [-0.3, -0.25) is 14.5 Å². The molecule has 0 radical (unpaired) electrons. The van der Waals surface area contributed by atoms with Gasteiger partial charge in [0.05, 0.1) is 31.4 Å². The molecule has 0 unspecified atom stereocenters. The number of rotatable bonds is 7. The summed E-state index contributed by atoms with van der Waals surface area (Å²) in [4.78, 5) is 29.9. The molecule has 0 saturated carbocycles. The Bertz CT molecular complexity index is 1090. The van der Waals surface area contributed by atoms with E-state index in [2.05, 4.69) is 4.90 Å². The SMILES string of the molecule is CCOc1ccc(C(O)=C2C(=O)C(=O)N(CCN3CCOCC3)[C@H]2c2ccc(F)cc2)c(C)c1. The maximum Gasteiger partial charge on any atom is 0.295 e. The summed E-state index contributed by atoms with van der Waals surface area (Å²) in [5.74, 6) is -1.44. The van der Waals surface area contributed by atoms with E-state index >= 15 is 0 Å². The van der Waals surface area contributed by atoms with E-state index in [9.17, 15) is 19.1 Å². The quantitative estimate of drug-likeness (QED) is 0.382. The third-order valence-electron chi connectivity index (χ3n) is 6.25. The van der Waals surface area contributed by atoms with Gasteiger partial charge in [-0.15, -0.1) is 0 Å². The summed E-state index contributed by atoms with van der Waals surface area (Å²) in [6.07, 6.45) is 0. The average molecular weight is 469 g/mol. The molecule has 2 saturated heterocycles. The zero-order valence-corrected chi connectivity index (χ0v) is 19.4. The first-order valence-corrected chi connectivity index (χ1v) is 11.5. The van der Waals surface area contributed by atoms with E-state index in [0.717, 1.165) is 13.1 Å². The minimum absolute atomic E-state index is 0.00541. The molecule has 0 aromatic heterocycles. The lowest BCUT2D eigenvalue weighted by molar-refractivity contribution is -0.140. The minimum Gasteiger partial charge on any atom is -0.507 e. The Balaban J connectivity index is 1.74. The predicted molar refractivity (Wildman–Crippen MR) is 125 cm³/mol. The number of ether oxygens (including phenoxy) is 2. The zero-order valence-electron chi connectivity index (χ0n) is 19.4. The normalized spacial score (nSPS) is 20.7. The van der Waals surface area contributed by atoms with Crippen molar-refractivity contribution in [1.29, 1.82) is 0 Å². The van der Waals surface area contributed by atoms with Crippen LogP contribution in [0.3, 0.4) is 0 Å². The molecule has 2 aliphatic heterocycles. The number of aliphatic hydroxyl groups is 1. The molecule has 8 heteroatoms. The van der Waals surface area contributed by atoms with Crippen LogP contribution in [0, 0.1) is 12.7 Å². The average Bonchev–Trinajstić information content (AvgIpc) is 3.08. The number of carbonyl (C=O) groups excluding carboxylic acids is 2. The molecule has 1 atom stereocenters. The summed E-state index contributed by atoms with van der Waals surface area (Å²) >= 11 is 0. The number of benzene rings is 2. The van der Waals surface area contributed by atoms with Gasteiger partial charge in [0.15, 0.2) is 0 Å². The molecule has 7 nitrogen and oxygen atoms in total. The van der Waals surface area contributed by atoms with Gasteiger partial charge in [-0.1, -0.05) is 12.1 Å². The Labute approximate surface area is 198 Å². The molecule has 2 fully saturated rings. The topological polar surface area (TPSA) is 79.3 Å². The molecule has 2 aliphatic rings. The Morgan fingerprint density at radius 2 is 1.82 bits per heavy atom. The van der Waals surface area contributed by atoms with Crippen molar-refractivity contribution in [2.24, 2.45) is 0 Å². The summed E-state index contributed by atoms with van der Waals surface area (Å²) in [6, 6.07) is 10.0. The van der Waals surface area contributed by atoms with Crippen molar-refractivity contribution in [2.75, 3.05) is 46.0 Å². The van der Waals surface area contributed by atoms with Crippen LogP contribution in [0.5, 0.6) is 5.75 Å². The van der Waals surface area contributed by atoms with Gasteiger partial charge in [-0.05, 0) is 55.3 Å². The number of halogens is 1. The van der Waals surface area contributed by atoms with E-state index in [1.54, 1.807) is 37.3 Å². The first-order valence-electron chi connectivity index (χ1n) is 11.5. The van der Waals surface area contributed by atoms with Crippen LogP contribution in [0.25, 0.3) is 5.76 Å². The highest BCUT2D eigenvalue weighted by Crippen LogP contribution is 2.40. The largest absolute Gasteiger partial charge is 0.507 e. The summed E-state index contributed by atoms with van der Waals surface area (Å²) in [5, 5.41) is 11.3. The van der Waals surface area contributed by atoms with E-state index in [0.29, 0.717) is 55.4 Å². The standard InChI is InChI=1S/C26H29FN2O5/c1-3-34-20-8-9-21(17(2)16-20)24(30)22-23(18-4-6-19(27)7-5-18)29(26(32)25(22)31)11-10-28-12-14-33-15-13-28/h4-9,16,23,30H,3,10-15H2,1-2H3/t23-/m0/s1. The predicted octanol–water partition coefficient (Wildman–Crippen LogP) is 3.29. The van der Waals surface area contributed by atoms with E-state index < -0.39 is 23.5 Å². The second kappa shape index (κ2) is 10.4. The third kappa shape index (κ3) is 4.83. The molecule has 1 amide bonds. The molecule has 34 heavy (non-hydrogen) atoms. The summed E-state index contributed by atoms with van der Waals surface area (Å²) < 4.78 is 24.5. The number of carbonyl (C=O) groups is 2. The Morgan fingerprint density at radius 1 is 1.12 bits per heavy atom. The number of hydrogen-bond acceptors (Lipinski definition) is 6. The fourth-order valence-electron chi connectivity index (χ4n) is 4.48. The van der Waals surface area contributed by atoms with Crippen molar-refractivity contribution >= 4 is 17.4 Å². The maximum absolute atomic E-state index is 13.7. The van der Waals surface area contributed by atoms with Crippen LogP contribution >= 0.6 is 0 Å². The molecule has 180 valence electrons. The van der Waals surface area contributed by atoms with E-state index in [4.69, 9.17) is 9.47 Å². The van der Waals surface area contributed by atoms with Gasteiger partial charge in [-0.25, -0.2) is 4.39 Å². The van der Waals surface area contributed by atoms with Crippen molar-refractivity contribution in [3.8, 4) is 5.75 Å². The number of aliphatic hydroxyl groups excluding tert-OH is 1.